The van der Waals surface area contributed by atoms with Crippen LogP contribution in [0.1, 0.15) is 55.9 Å². The summed E-state index contributed by atoms with van der Waals surface area (Å²) in [6.07, 6.45) is 0.464. The average Bonchev–Trinajstić information content (AvgIpc) is 2.71. The highest BCUT2D eigenvalue weighted by Crippen LogP contribution is 2.39. The fourth-order valence-corrected chi connectivity index (χ4v) is 4.32. The largest absolute Gasteiger partial charge is 0.426 e. The maximum atomic E-state index is 13.3. The van der Waals surface area contributed by atoms with Crippen molar-refractivity contribution >= 4 is 28.5 Å². The van der Waals surface area contributed by atoms with Gasteiger partial charge in [0.1, 0.15) is 11.3 Å². The zero-order valence-corrected chi connectivity index (χ0v) is 20.4. The van der Waals surface area contributed by atoms with E-state index in [0.29, 0.717) is 17.0 Å². The van der Waals surface area contributed by atoms with Gasteiger partial charge in [0.15, 0.2) is 0 Å². The van der Waals surface area contributed by atoms with Gasteiger partial charge < -0.3 is 14.1 Å². The molecular formula is C27H31NO5. The van der Waals surface area contributed by atoms with Crippen molar-refractivity contribution in [1.82, 2.24) is 0 Å². The third-order valence-corrected chi connectivity index (χ3v) is 5.92. The highest BCUT2D eigenvalue weighted by molar-refractivity contribution is 5.96. The Balaban J connectivity index is 1.93. The van der Waals surface area contributed by atoms with Crippen molar-refractivity contribution in [3.8, 4) is 5.75 Å². The molecule has 0 spiro atoms. The van der Waals surface area contributed by atoms with Crippen LogP contribution in [0.2, 0.25) is 0 Å². The minimum atomic E-state index is -0.591. The van der Waals surface area contributed by atoms with Crippen LogP contribution in [0.4, 0.5) is 5.69 Å². The Bertz CT molecular complexity index is 1290. The Kier molecular flexibility index (Phi) is 6.77. The number of fused-ring (bicyclic) bond motifs is 1. The molecule has 1 heterocycles. The first-order valence-corrected chi connectivity index (χ1v) is 11.1. The van der Waals surface area contributed by atoms with Crippen LogP contribution in [-0.4, -0.2) is 18.9 Å². The molecular weight excluding hydrogens is 418 g/mol. The van der Waals surface area contributed by atoms with Crippen molar-refractivity contribution < 1.29 is 18.7 Å². The predicted octanol–water partition coefficient (Wildman–Crippen LogP) is 5.36. The molecule has 0 saturated heterocycles. The number of esters is 1. The molecule has 0 aliphatic rings. The summed E-state index contributed by atoms with van der Waals surface area (Å²) in [7, 11) is 1.70. The van der Waals surface area contributed by atoms with Gasteiger partial charge in [0.2, 0.25) is 5.91 Å². The summed E-state index contributed by atoms with van der Waals surface area (Å²) in [5.74, 6) is 0.0818. The first-order valence-electron chi connectivity index (χ1n) is 11.1. The molecule has 0 bridgehead atoms. The lowest BCUT2D eigenvalue weighted by Gasteiger charge is -2.31. The van der Waals surface area contributed by atoms with E-state index in [2.05, 4.69) is 0 Å². The quantitative estimate of drug-likeness (QED) is 0.287. The van der Waals surface area contributed by atoms with E-state index in [1.54, 1.807) is 24.9 Å². The van der Waals surface area contributed by atoms with Gasteiger partial charge in [0.25, 0.3) is 0 Å². The van der Waals surface area contributed by atoms with E-state index in [0.717, 1.165) is 27.6 Å². The van der Waals surface area contributed by atoms with Crippen LogP contribution >= 0.6 is 0 Å². The highest BCUT2D eigenvalue weighted by Gasteiger charge is 2.31. The number of anilines is 1. The standard InChI is InChI=1S/C27H31NO5/c1-8-24(30)33-22-12-16(2)11-18(4)26(22)27(5,6)15-23(29)28(7)19-9-10-20-17(3)13-25(31)32-21(20)14-19/h9-14H,8,15H2,1-7H3. The smallest absolute Gasteiger partial charge is 0.336 e. The number of carbonyl (C=O) groups excluding carboxylic acids is 2. The topological polar surface area (TPSA) is 76.8 Å². The zero-order chi connectivity index (χ0) is 24.5. The number of nitrogens with zero attached hydrogens (tertiary/aromatic N) is 1. The van der Waals surface area contributed by atoms with E-state index in [1.165, 1.54) is 6.07 Å². The molecule has 0 saturated carbocycles. The van der Waals surface area contributed by atoms with Crippen LogP contribution in [0.15, 0.2) is 45.6 Å². The Hall–Kier alpha value is -3.41. The minimum absolute atomic E-state index is 0.109. The summed E-state index contributed by atoms with van der Waals surface area (Å²) in [5, 5.41) is 0.831. The highest BCUT2D eigenvalue weighted by atomic mass is 16.5. The second-order valence-corrected chi connectivity index (χ2v) is 9.22. The van der Waals surface area contributed by atoms with E-state index in [9.17, 15) is 14.4 Å². The molecule has 0 radical (unpaired) electrons. The summed E-state index contributed by atoms with van der Waals surface area (Å²) in [5.41, 5.74) is 3.70. The van der Waals surface area contributed by atoms with E-state index in [4.69, 9.17) is 9.15 Å². The molecule has 0 aliphatic carbocycles. The normalized spacial score (nSPS) is 11.5. The number of benzene rings is 2. The molecule has 2 aromatic carbocycles. The first kappa shape index (κ1) is 24.2. The number of aryl methyl sites for hydroxylation is 3. The summed E-state index contributed by atoms with van der Waals surface area (Å²) in [6.45, 7) is 11.5. The monoisotopic (exact) mass is 449 g/mol. The van der Waals surface area contributed by atoms with Crippen LogP contribution in [0.5, 0.6) is 5.75 Å². The van der Waals surface area contributed by atoms with Crippen molar-refractivity contribution in [3.05, 3.63) is 69.1 Å². The fourth-order valence-electron chi connectivity index (χ4n) is 4.32. The molecule has 33 heavy (non-hydrogen) atoms. The lowest BCUT2D eigenvalue weighted by Crippen LogP contribution is -2.33. The van der Waals surface area contributed by atoms with Crippen molar-refractivity contribution in [2.75, 3.05) is 11.9 Å². The van der Waals surface area contributed by atoms with Gasteiger partial charge in [0, 0.05) is 54.1 Å². The van der Waals surface area contributed by atoms with Crippen LogP contribution in [0.25, 0.3) is 11.0 Å². The van der Waals surface area contributed by atoms with Gasteiger partial charge >= 0.3 is 11.6 Å². The van der Waals surface area contributed by atoms with Gasteiger partial charge in [0.05, 0.1) is 0 Å². The fraction of sp³-hybridized carbons (Fsp3) is 0.370. The predicted molar refractivity (Wildman–Crippen MR) is 130 cm³/mol. The molecule has 0 N–H and O–H groups in total. The van der Waals surface area contributed by atoms with E-state index < -0.39 is 11.0 Å². The summed E-state index contributed by atoms with van der Waals surface area (Å²) in [6, 6.07) is 10.7. The number of carbonyl (C=O) groups is 2. The third kappa shape index (κ3) is 5.16. The van der Waals surface area contributed by atoms with Crippen LogP contribution in [0.3, 0.4) is 0 Å². The second kappa shape index (κ2) is 9.22. The number of hydrogen-bond acceptors (Lipinski definition) is 5. The van der Waals surface area contributed by atoms with E-state index >= 15 is 0 Å². The lowest BCUT2D eigenvalue weighted by molar-refractivity contribution is -0.134. The lowest BCUT2D eigenvalue weighted by atomic mass is 9.78. The summed E-state index contributed by atoms with van der Waals surface area (Å²) < 4.78 is 11.0. The SMILES string of the molecule is CCC(=O)Oc1cc(C)cc(C)c1C(C)(C)CC(=O)N(C)c1ccc2c(C)cc(=O)oc2c1. The van der Waals surface area contributed by atoms with Gasteiger partial charge in [-0.2, -0.15) is 0 Å². The van der Waals surface area contributed by atoms with E-state index in [1.807, 2.05) is 58.9 Å². The third-order valence-electron chi connectivity index (χ3n) is 5.92. The Morgan fingerprint density at radius 3 is 2.39 bits per heavy atom. The maximum Gasteiger partial charge on any atom is 0.336 e. The zero-order valence-electron chi connectivity index (χ0n) is 20.4. The average molecular weight is 450 g/mol. The molecule has 0 fully saturated rings. The molecule has 3 aromatic rings. The van der Waals surface area contributed by atoms with Gasteiger partial charge in [-0.05, 0) is 55.7 Å². The van der Waals surface area contributed by atoms with Crippen molar-refractivity contribution in [2.24, 2.45) is 0 Å². The Morgan fingerprint density at radius 2 is 1.73 bits per heavy atom. The molecule has 0 atom stereocenters. The number of amides is 1. The molecule has 0 unspecified atom stereocenters. The molecule has 6 nitrogen and oxygen atoms in total. The minimum Gasteiger partial charge on any atom is -0.426 e. The van der Waals surface area contributed by atoms with Crippen LogP contribution in [-0.2, 0) is 15.0 Å². The van der Waals surface area contributed by atoms with Gasteiger partial charge in [-0.3, -0.25) is 9.59 Å². The van der Waals surface area contributed by atoms with Crippen molar-refractivity contribution in [3.63, 3.8) is 0 Å². The molecule has 3 rings (SSSR count). The van der Waals surface area contributed by atoms with Gasteiger partial charge in [-0.15, -0.1) is 0 Å². The van der Waals surface area contributed by atoms with Crippen molar-refractivity contribution in [2.45, 2.75) is 59.8 Å². The van der Waals surface area contributed by atoms with Gasteiger partial charge in [-0.1, -0.05) is 26.8 Å². The summed E-state index contributed by atoms with van der Waals surface area (Å²) in [4.78, 5) is 38.6. The first-order chi connectivity index (χ1) is 15.4. The van der Waals surface area contributed by atoms with E-state index in [-0.39, 0.29) is 24.7 Å². The number of rotatable bonds is 6. The molecule has 1 aromatic heterocycles. The summed E-state index contributed by atoms with van der Waals surface area (Å²) >= 11 is 0. The number of ether oxygens (including phenoxy) is 1. The van der Waals surface area contributed by atoms with Crippen molar-refractivity contribution in [1.29, 1.82) is 0 Å². The molecule has 174 valence electrons. The maximum absolute atomic E-state index is 13.3. The second-order valence-electron chi connectivity index (χ2n) is 9.22. The Labute approximate surface area is 194 Å². The van der Waals surface area contributed by atoms with Crippen LogP contribution < -0.4 is 15.3 Å². The molecule has 0 aliphatic heterocycles. The van der Waals surface area contributed by atoms with Crippen LogP contribution in [0, 0.1) is 20.8 Å². The number of hydrogen-bond donors (Lipinski definition) is 0. The molecule has 6 heteroatoms. The molecule has 1 amide bonds. The van der Waals surface area contributed by atoms with Gasteiger partial charge in [-0.25, -0.2) is 4.79 Å². The Morgan fingerprint density at radius 1 is 1.03 bits per heavy atom.